The fourth-order valence-electron chi connectivity index (χ4n) is 2.52. The summed E-state index contributed by atoms with van der Waals surface area (Å²) in [5.41, 5.74) is 0.987. The van der Waals surface area contributed by atoms with E-state index in [4.69, 9.17) is 9.47 Å². The Labute approximate surface area is 138 Å². The minimum Gasteiger partial charge on any atom is -0.492 e. The fourth-order valence-corrected chi connectivity index (χ4v) is 2.52. The van der Waals surface area contributed by atoms with Crippen LogP contribution in [0.2, 0.25) is 0 Å². The average Bonchev–Trinajstić information content (AvgIpc) is 3.02. The van der Waals surface area contributed by atoms with Gasteiger partial charge in [-0.05, 0) is 26.6 Å². The number of nitrogens with zero attached hydrogens (tertiary/aromatic N) is 1. The van der Waals surface area contributed by atoms with Crippen LogP contribution in [0.15, 0.2) is 24.3 Å². The van der Waals surface area contributed by atoms with E-state index in [-0.39, 0.29) is 18.1 Å². The van der Waals surface area contributed by atoms with Gasteiger partial charge in [0.25, 0.3) is 0 Å². The molecule has 2 atom stereocenters. The lowest BCUT2D eigenvalue weighted by Crippen LogP contribution is -2.40. The lowest BCUT2D eigenvalue weighted by molar-refractivity contribution is -0.123. The van der Waals surface area contributed by atoms with Crippen molar-refractivity contribution in [1.29, 1.82) is 0 Å². The maximum absolute atomic E-state index is 12.2. The molecule has 2 N–H and O–H groups in total. The number of rotatable bonds is 8. The summed E-state index contributed by atoms with van der Waals surface area (Å²) in [6.07, 6.45) is 0.830. The highest BCUT2D eigenvalue weighted by molar-refractivity contribution is 5.82. The van der Waals surface area contributed by atoms with Gasteiger partial charge in [-0.3, -0.25) is 4.79 Å². The molecule has 128 valence electrons. The van der Waals surface area contributed by atoms with E-state index in [0.29, 0.717) is 19.6 Å². The Morgan fingerprint density at radius 1 is 1.39 bits per heavy atom. The van der Waals surface area contributed by atoms with Crippen LogP contribution in [-0.4, -0.2) is 63.9 Å². The largest absolute Gasteiger partial charge is 0.492 e. The van der Waals surface area contributed by atoms with Crippen molar-refractivity contribution >= 4 is 5.91 Å². The van der Waals surface area contributed by atoms with Gasteiger partial charge in [0.1, 0.15) is 12.4 Å². The maximum atomic E-state index is 12.2. The quantitative estimate of drug-likeness (QED) is 0.735. The van der Waals surface area contributed by atoms with Crippen molar-refractivity contribution in [1.82, 2.24) is 15.5 Å². The third-order valence-corrected chi connectivity index (χ3v) is 3.96. The summed E-state index contributed by atoms with van der Waals surface area (Å²) in [5.74, 6) is 0.830. The Kier molecular flexibility index (Phi) is 6.83. The number of hydrogen-bond acceptors (Lipinski definition) is 5. The molecule has 0 radical (unpaired) electrons. The second-order valence-corrected chi connectivity index (χ2v) is 6.03. The van der Waals surface area contributed by atoms with Gasteiger partial charge in [-0.15, -0.1) is 0 Å². The second kappa shape index (κ2) is 8.86. The number of carbonyl (C=O) groups is 1. The average molecular weight is 321 g/mol. The van der Waals surface area contributed by atoms with Crippen LogP contribution >= 0.6 is 0 Å². The van der Waals surface area contributed by atoms with Crippen LogP contribution in [-0.2, 0) is 16.1 Å². The number of hydrogen-bond donors (Lipinski definition) is 2. The first-order valence-corrected chi connectivity index (χ1v) is 7.99. The maximum Gasteiger partial charge on any atom is 0.237 e. The lowest BCUT2D eigenvalue weighted by atomic mass is 10.1. The van der Waals surface area contributed by atoms with Crippen LogP contribution < -0.4 is 15.4 Å². The summed E-state index contributed by atoms with van der Waals surface area (Å²) in [6, 6.07) is 7.63. The first-order valence-electron chi connectivity index (χ1n) is 7.99. The highest BCUT2D eigenvalue weighted by atomic mass is 16.5. The zero-order chi connectivity index (χ0) is 16.7. The molecule has 0 saturated carbocycles. The van der Waals surface area contributed by atoms with Crippen molar-refractivity contribution < 1.29 is 14.3 Å². The van der Waals surface area contributed by atoms with Crippen LogP contribution in [0.3, 0.4) is 0 Å². The molecule has 6 nitrogen and oxygen atoms in total. The standard InChI is InChI=1S/C17H27N3O3/c1-20(2)8-9-23-16-7-5-4-6-13(16)11-19-17(21)15-10-14(22-3)12-18-15/h4-7,14-15,18H,8-12H2,1-3H3,(H,19,21)/t14-,15-/m0/s1. The molecule has 1 heterocycles. The molecule has 0 spiro atoms. The van der Waals surface area contributed by atoms with E-state index in [1.807, 2.05) is 38.4 Å². The Morgan fingerprint density at radius 2 is 2.17 bits per heavy atom. The van der Waals surface area contributed by atoms with Gasteiger partial charge < -0.3 is 25.0 Å². The van der Waals surface area contributed by atoms with E-state index in [9.17, 15) is 4.79 Å². The van der Waals surface area contributed by atoms with Crippen molar-refractivity contribution in [2.45, 2.75) is 25.1 Å². The van der Waals surface area contributed by atoms with Gasteiger partial charge in [0.05, 0.1) is 12.1 Å². The van der Waals surface area contributed by atoms with Gasteiger partial charge in [-0.2, -0.15) is 0 Å². The highest BCUT2D eigenvalue weighted by Crippen LogP contribution is 2.18. The molecule has 6 heteroatoms. The lowest BCUT2D eigenvalue weighted by Gasteiger charge is -2.15. The molecular weight excluding hydrogens is 294 g/mol. The minimum absolute atomic E-state index is 0.00708. The molecule has 1 aliphatic rings. The first kappa shape index (κ1) is 17.7. The van der Waals surface area contributed by atoms with Crippen molar-refractivity contribution in [2.75, 3.05) is 40.9 Å². The molecule has 0 bridgehead atoms. The van der Waals surface area contributed by atoms with E-state index < -0.39 is 0 Å². The van der Waals surface area contributed by atoms with Crippen LogP contribution in [0, 0.1) is 0 Å². The molecule has 1 amide bonds. The number of likely N-dealkylation sites (N-methyl/N-ethyl adjacent to an activating group) is 1. The molecular formula is C17H27N3O3. The molecule has 0 aromatic heterocycles. The molecule has 1 aromatic rings. The van der Waals surface area contributed by atoms with Crippen LogP contribution in [0.25, 0.3) is 0 Å². The number of para-hydroxylation sites is 1. The zero-order valence-electron chi connectivity index (χ0n) is 14.2. The van der Waals surface area contributed by atoms with E-state index in [1.165, 1.54) is 0 Å². The molecule has 0 unspecified atom stereocenters. The Balaban J connectivity index is 1.84. The molecule has 1 aliphatic heterocycles. The van der Waals surface area contributed by atoms with E-state index >= 15 is 0 Å². The first-order chi connectivity index (χ1) is 11.1. The number of benzene rings is 1. The highest BCUT2D eigenvalue weighted by Gasteiger charge is 2.29. The molecule has 1 saturated heterocycles. The smallest absolute Gasteiger partial charge is 0.237 e. The molecule has 1 aromatic carbocycles. The predicted molar refractivity (Wildman–Crippen MR) is 89.5 cm³/mol. The number of methoxy groups -OCH3 is 1. The molecule has 2 rings (SSSR count). The fraction of sp³-hybridized carbons (Fsp3) is 0.588. The van der Waals surface area contributed by atoms with Crippen molar-refractivity contribution in [3.63, 3.8) is 0 Å². The Hall–Kier alpha value is -1.63. The molecule has 0 aliphatic carbocycles. The number of nitrogens with one attached hydrogen (secondary N) is 2. The van der Waals surface area contributed by atoms with Gasteiger partial charge in [0, 0.05) is 32.3 Å². The third-order valence-electron chi connectivity index (χ3n) is 3.96. The summed E-state index contributed by atoms with van der Waals surface area (Å²) >= 11 is 0. The minimum atomic E-state index is -0.179. The van der Waals surface area contributed by atoms with Gasteiger partial charge in [-0.25, -0.2) is 0 Å². The predicted octanol–water partition coefficient (Wildman–Crippen LogP) is 0.620. The topological polar surface area (TPSA) is 62.8 Å². The summed E-state index contributed by atoms with van der Waals surface area (Å²) in [7, 11) is 5.70. The normalized spacial score (nSPS) is 20.7. The van der Waals surface area contributed by atoms with E-state index in [0.717, 1.165) is 24.4 Å². The zero-order valence-corrected chi connectivity index (χ0v) is 14.2. The van der Waals surface area contributed by atoms with Crippen molar-refractivity contribution in [2.24, 2.45) is 0 Å². The number of amides is 1. The van der Waals surface area contributed by atoms with Crippen LogP contribution in [0.5, 0.6) is 5.75 Å². The molecule has 1 fully saturated rings. The molecule has 23 heavy (non-hydrogen) atoms. The third kappa shape index (κ3) is 5.49. The van der Waals surface area contributed by atoms with Gasteiger partial charge in [0.2, 0.25) is 5.91 Å². The SMILES string of the molecule is CO[C@@H]1CN[C@H](C(=O)NCc2ccccc2OCCN(C)C)C1. The van der Waals surface area contributed by atoms with Gasteiger partial charge in [-0.1, -0.05) is 18.2 Å². The van der Waals surface area contributed by atoms with E-state index in [2.05, 4.69) is 15.5 Å². The summed E-state index contributed by atoms with van der Waals surface area (Å²) < 4.78 is 11.1. The monoisotopic (exact) mass is 321 g/mol. The number of carbonyl (C=O) groups excluding carboxylic acids is 1. The summed E-state index contributed by atoms with van der Waals surface area (Å²) in [4.78, 5) is 14.3. The van der Waals surface area contributed by atoms with Crippen molar-refractivity contribution in [3.05, 3.63) is 29.8 Å². The summed E-state index contributed by atoms with van der Waals surface area (Å²) in [6.45, 7) is 2.66. The Morgan fingerprint density at radius 3 is 2.87 bits per heavy atom. The summed E-state index contributed by atoms with van der Waals surface area (Å²) in [5, 5.41) is 6.16. The van der Waals surface area contributed by atoms with Crippen LogP contribution in [0.1, 0.15) is 12.0 Å². The Bertz CT molecular complexity index is 508. The second-order valence-electron chi connectivity index (χ2n) is 6.03. The van der Waals surface area contributed by atoms with Crippen LogP contribution in [0.4, 0.5) is 0 Å². The number of ether oxygens (including phenoxy) is 2. The van der Waals surface area contributed by atoms with Gasteiger partial charge in [0.15, 0.2) is 0 Å². The van der Waals surface area contributed by atoms with Crippen molar-refractivity contribution in [3.8, 4) is 5.75 Å². The van der Waals surface area contributed by atoms with Gasteiger partial charge >= 0.3 is 0 Å². The van der Waals surface area contributed by atoms with E-state index in [1.54, 1.807) is 7.11 Å².